The van der Waals surface area contributed by atoms with Gasteiger partial charge in [0.1, 0.15) is 0 Å². The Morgan fingerprint density at radius 1 is 0.533 bits per heavy atom. The zero-order chi connectivity index (χ0) is 10.3. The van der Waals surface area contributed by atoms with Crippen molar-refractivity contribution in [2.45, 2.75) is 64.2 Å². The van der Waals surface area contributed by atoms with Crippen molar-refractivity contribution in [3.8, 4) is 0 Å². The van der Waals surface area contributed by atoms with Gasteiger partial charge in [0.25, 0.3) is 0 Å². The molecule has 0 aromatic heterocycles. The SMILES string of the molecule is C1CCCCCC2CNCC2CCCC1. The first-order valence-electron chi connectivity index (χ1n) is 7.17. The summed E-state index contributed by atoms with van der Waals surface area (Å²) in [5.74, 6) is 2.04. The first-order chi connectivity index (χ1) is 7.47. The minimum absolute atomic E-state index is 1.02. The van der Waals surface area contributed by atoms with Crippen LogP contribution < -0.4 is 5.32 Å². The molecule has 1 heteroatoms. The number of rotatable bonds is 0. The average Bonchev–Trinajstić information content (AvgIpc) is 2.65. The maximum Gasteiger partial charge on any atom is -0.00173 e. The maximum atomic E-state index is 3.59. The van der Waals surface area contributed by atoms with Gasteiger partial charge in [-0.05, 0) is 37.8 Å². The summed E-state index contributed by atoms with van der Waals surface area (Å²) in [5, 5.41) is 3.59. The number of hydrogen-bond acceptors (Lipinski definition) is 1. The Balaban J connectivity index is 1.77. The molecule has 0 spiro atoms. The number of nitrogens with one attached hydrogen (secondary N) is 1. The first-order valence-corrected chi connectivity index (χ1v) is 7.17. The molecule has 1 N–H and O–H groups in total. The fourth-order valence-electron chi connectivity index (χ4n) is 3.34. The molecular weight excluding hydrogens is 182 g/mol. The van der Waals surface area contributed by atoms with Gasteiger partial charge in [0.2, 0.25) is 0 Å². The zero-order valence-electron chi connectivity index (χ0n) is 10.1. The van der Waals surface area contributed by atoms with E-state index >= 15 is 0 Å². The molecule has 1 aliphatic carbocycles. The highest BCUT2D eigenvalue weighted by Gasteiger charge is 2.25. The minimum Gasteiger partial charge on any atom is -0.316 e. The van der Waals surface area contributed by atoms with Crippen LogP contribution in [0.3, 0.4) is 0 Å². The van der Waals surface area contributed by atoms with E-state index in [4.69, 9.17) is 0 Å². The van der Waals surface area contributed by atoms with E-state index < -0.39 is 0 Å². The fourth-order valence-corrected chi connectivity index (χ4v) is 3.34. The van der Waals surface area contributed by atoms with E-state index in [2.05, 4.69) is 5.32 Å². The molecule has 1 saturated carbocycles. The lowest BCUT2D eigenvalue weighted by molar-refractivity contribution is 0.341. The van der Waals surface area contributed by atoms with Gasteiger partial charge in [0, 0.05) is 0 Å². The van der Waals surface area contributed by atoms with Crippen molar-refractivity contribution >= 4 is 0 Å². The van der Waals surface area contributed by atoms with E-state index in [0.29, 0.717) is 0 Å². The van der Waals surface area contributed by atoms with E-state index in [1.807, 2.05) is 0 Å². The van der Waals surface area contributed by atoms with Crippen molar-refractivity contribution < 1.29 is 0 Å². The van der Waals surface area contributed by atoms with Gasteiger partial charge in [-0.25, -0.2) is 0 Å². The average molecular weight is 209 g/mol. The van der Waals surface area contributed by atoms with Crippen molar-refractivity contribution in [3.63, 3.8) is 0 Å². The van der Waals surface area contributed by atoms with Crippen LogP contribution in [0.15, 0.2) is 0 Å². The Hall–Kier alpha value is -0.0400. The van der Waals surface area contributed by atoms with Crippen LogP contribution in [0.25, 0.3) is 0 Å². The topological polar surface area (TPSA) is 12.0 Å². The summed E-state index contributed by atoms with van der Waals surface area (Å²) in [6, 6.07) is 0. The molecule has 2 atom stereocenters. The third-order valence-corrected chi connectivity index (χ3v) is 4.38. The van der Waals surface area contributed by atoms with Gasteiger partial charge in [0.15, 0.2) is 0 Å². The maximum absolute atomic E-state index is 3.59. The molecular formula is C14H27N. The van der Waals surface area contributed by atoms with Gasteiger partial charge in [-0.1, -0.05) is 51.4 Å². The summed E-state index contributed by atoms with van der Waals surface area (Å²) >= 11 is 0. The fraction of sp³-hybridized carbons (Fsp3) is 1.00. The highest BCUT2D eigenvalue weighted by molar-refractivity contribution is 4.81. The Labute approximate surface area is 95.0 Å². The largest absolute Gasteiger partial charge is 0.316 e. The lowest BCUT2D eigenvalue weighted by Crippen LogP contribution is -2.12. The second kappa shape index (κ2) is 6.52. The van der Waals surface area contributed by atoms with Gasteiger partial charge < -0.3 is 5.32 Å². The second-order valence-electron chi connectivity index (χ2n) is 5.58. The van der Waals surface area contributed by atoms with Crippen molar-refractivity contribution in [1.82, 2.24) is 5.32 Å². The third kappa shape index (κ3) is 3.79. The molecule has 0 amide bonds. The minimum atomic E-state index is 1.02. The van der Waals surface area contributed by atoms with Gasteiger partial charge in [0.05, 0.1) is 0 Å². The molecule has 2 fully saturated rings. The summed E-state index contributed by atoms with van der Waals surface area (Å²) in [7, 11) is 0. The Morgan fingerprint density at radius 3 is 1.40 bits per heavy atom. The molecule has 0 aromatic carbocycles. The molecule has 0 aromatic rings. The first kappa shape index (κ1) is 11.4. The zero-order valence-corrected chi connectivity index (χ0v) is 10.1. The van der Waals surface area contributed by atoms with Gasteiger partial charge in [-0.2, -0.15) is 0 Å². The molecule has 0 bridgehead atoms. The molecule has 2 rings (SSSR count). The van der Waals surface area contributed by atoms with Crippen molar-refractivity contribution in [2.75, 3.05) is 13.1 Å². The van der Waals surface area contributed by atoms with E-state index in [0.717, 1.165) is 11.8 Å². The molecule has 1 aliphatic heterocycles. The molecule has 0 radical (unpaired) electrons. The van der Waals surface area contributed by atoms with Crippen LogP contribution in [0.5, 0.6) is 0 Å². The molecule has 1 nitrogen and oxygen atoms in total. The quantitative estimate of drug-likeness (QED) is 0.641. The summed E-state index contributed by atoms with van der Waals surface area (Å²) in [4.78, 5) is 0. The molecule has 1 heterocycles. The lowest BCUT2D eigenvalue weighted by Gasteiger charge is -2.19. The summed E-state index contributed by atoms with van der Waals surface area (Å²) in [6.07, 6.45) is 14.9. The number of hydrogen-bond donors (Lipinski definition) is 1. The van der Waals surface area contributed by atoms with E-state index in [1.165, 1.54) is 77.3 Å². The summed E-state index contributed by atoms with van der Waals surface area (Å²) < 4.78 is 0. The monoisotopic (exact) mass is 209 g/mol. The van der Waals surface area contributed by atoms with Gasteiger partial charge in [-0.15, -0.1) is 0 Å². The smallest absolute Gasteiger partial charge is 0.00173 e. The molecule has 2 aliphatic rings. The Kier molecular flexibility index (Phi) is 4.98. The van der Waals surface area contributed by atoms with E-state index in [-0.39, 0.29) is 0 Å². The molecule has 1 saturated heterocycles. The van der Waals surface area contributed by atoms with Gasteiger partial charge >= 0.3 is 0 Å². The number of fused-ring (bicyclic) bond motifs is 1. The van der Waals surface area contributed by atoms with Crippen LogP contribution in [0, 0.1) is 11.8 Å². The highest BCUT2D eigenvalue weighted by atomic mass is 14.9. The predicted octanol–water partition coefficient (Wildman–Crippen LogP) is 3.74. The van der Waals surface area contributed by atoms with Crippen LogP contribution >= 0.6 is 0 Å². The summed E-state index contributed by atoms with van der Waals surface area (Å²) in [6.45, 7) is 2.62. The molecule has 2 unspecified atom stereocenters. The van der Waals surface area contributed by atoms with Gasteiger partial charge in [-0.3, -0.25) is 0 Å². The van der Waals surface area contributed by atoms with Crippen LogP contribution in [0.4, 0.5) is 0 Å². The van der Waals surface area contributed by atoms with Crippen LogP contribution in [-0.4, -0.2) is 13.1 Å². The van der Waals surface area contributed by atoms with Crippen LogP contribution in [0.1, 0.15) is 64.2 Å². The van der Waals surface area contributed by atoms with Crippen LogP contribution in [0.2, 0.25) is 0 Å². The lowest BCUT2D eigenvalue weighted by atomic mass is 9.86. The second-order valence-corrected chi connectivity index (χ2v) is 5.58. The van der Waals surface area contributed by atoms with Crippen molar-refractivity contribution in [2.24, 2.45) is 11.8 Å². The predicted molar refractivity (Wildman–Crippen MR) is 66.0 cm³/mol. The van der Waals surface area contributed by atoms with E-state index in [9.17, 15) is 0 Å². The standard InChI is InChI=1S/C14H27N/c1-2-4-6-8-10-14-12-15-11-13(14)9-7-5-3-1/h13-15H,1-12H2. The molecule has 88 valence electrons. The normalized spacial score (nSPS) is 35.2. The van der Waals surface area contributed by atoms with Crippen molar-refractivity contribution in [3.05, 3.63) is 0 Å². The molecule has 15 heavy (non-hydrogen) atoms. The van der Waals surface area contributed by atoms with E-state index in [1.54, 1.807) is 0 Å². The Morgan fingerprint density at radius 2 is 0.933 bits per heavy atom. The third-order valence-electron chi connectivity index (χ3n) is 4.38. The summed E-state index contributed by atoms with van der Waals surface area (Å²) in [5.41, 5.74) is 0. The Bertz CT molecular complexity index is 149. The van der Waals surface area contributed by atoms with Crippen molar-refractivity contribution in [1.29, 1.82) is 0 Å². The highest BCUT2D eigenvalue weighted by Crippen LogP contribution is 2.28. The van der Waals surface area contributed by atoms with Crippen LogP contribution in [-0.2, 0) is 0 Å².